The minimum absolute atomic E-state index is 0.0412. The molecule has 1 aliphatic heterocycles. The van der Waals surface area contributed by atoms with Crippen molar-refractivity contribution in [3.8, 4) is 0 Å². The number of hydrogen-bond acceptors (Lipinski definition) is 6. The molecule has 1 heterocycles. The molecular weight excluding hydrogens is 301 g/mol. The Morgan fingerprint density at radius 2 is 1.81 bits per heavy atom. The molecule has 1 rings (SSSR count). The van der Waals surface area contributed by atoms with Gasteiger partial charge in [0.2, 0.25) is 0 Å². The van der Waals surface area contributed by atoms with Crippen molar-refractivity contribution in [1.29, 1.82) is 0 Å². The van der Waals surface area contributed by atoms with Crippen molar-refractivity contribution < 1.29 is 34.4 Å². The zero-order chi connectivity index (χ0) is 16.2. The maximum absolute atomic E-state index is 10.9. The van der Waals surface area contributed by atoms with E-state index < -0.39 is 44.4 Å². The van der Waals surface area contributed by atoms with Gasteiger partial charge in [-0.3, -0.25) is 9.88 Å². The van der Waals surface area contributed by atoms with Gasteiger partial charge in [0.05, 0.1) is 12.3 Å². The second-order valence-corrected chi connectivity index (χ2v) is 7.38. The summed E-state index contributed by atoms with van der Waals surface area (Å²) in [6.45, 7) is 3.92. The molecule has 0 bridgehead atoms. The van der Waals surface area contributed by atoms with Crippen LogP contribution in [-0.4, -0.2) is 68.0 Å². The zero-order valence-electron chi connectivity index (χ0n) is 12.3. The minimum Gasteiger partial charge on any atom is -0.388 e. The Balaban J connectivity index is 2.66. The van der Waals surface area contributed by atoms with Gasteiger partial charge in [-0.2, -0.15) is 0 Å². The highest BCUT2D eigenvalue weighted by Gasteiger charge is 2.44. The maximum atomic E-state index is 10.9. The quantitative estimate of drug-likeness (QED) is 0.332. The minimum atomic E-state index is -4.21. The first kappa shape index (κ1) is 19.0. The molecule has 21 heavy (non-hydrogen) atoms. The average molecular weight is 327 g/mol. The lowest BCUT2D eigenvalue weighted by atomic mass is 9.96. The van der Waals surface area contributed by atoms with Crippen molar-refractivity contribution in [3.63, 3.8) is 0 Å². The van der Waals surface area contributed by atoms with Crippen LogP contribution in [0.4, 0.5) is 0 Å². The first-order chi connectivity index (χ1) is 9.65. The lowest BCUT2D eigenvalue weighted by Crippen LogP contribution is -2.62. The van der Waals surface area contributed by atoms with Gasteiger partial charge in [-0.05, 0) is 19.8 Å². The zero-order valence-corrected chi connectivity index (χ0v) is 13.2. The van der Waals surface area contributed by atoms with Crippen molar-refractivity contribution in [2.24, 2.45) is 0 Å². The monoisotopic (exact) mass is 327 g/mol. The van der Waals surface area contributed by atoms with Crippen molar-refractivity contribution in [3.05, 3.63) is 0 Å². The first-order valence-corrected chi connectivity index (χ1v) is 8.95. The van der Waals surface area contributed by atoms with Crippen LogP contribution in [0.3, 0.4) is 0 Å². The number of ether oxygens (including phenoxy) is 1. The van der Waals surface area contributed by atoms with Gasteiger partial charge in [0.25, 0.3) is 0 Å². The smallest absolute Gasteiger partial charge is 0.325 e. The van der Waals surface area contributed by atoms with Gasteiger partial charge in [0.1, 0.15) is 24.5 Å². The molecule has 0 aromatic carbocycles. The number of aliphatic hydroxyl groups excluding tert-OH is 3. The largest absolute Gasteiger partial charge is 0.388 e. The summed E-state index contributed by atoms with van der Waals surface area (Å²) in [6, 6.07) is 0.0412. The normalized spacial score (nSPS) is 35.7. The fourth-order valence-electron chi connectivity index (χ4n) is 2.42. The van der Waals surface area contributed by atoms with Crippen molar-refractivity contribution in [2.75, 3.05) is 6.16 Å². The Labute approximate surface area is 124 Å². The van der Waals surface area contributed by atoms with Crippen molar-refractivity contribution in [1.82, 2.24) is 5.32 Å². The summed E-state index contributed by atoms with van der Waals surface area (Å²) in [5.74, 6) is 0. The summed E-state index contributed by atoms with van der Waals surface area (Å²) in [5, 5.41) is 32.6. The molecule has 1 saturated heterocycles. The molecule has 0 saturated carbocycles. The second-order valence-electron chi connectivity index (χ2n) is 5.60. The van der Waals surface area contributed by atoms with Gasteiger partial charge in [0, 0.05) is 6.04 Å². The summed E-state index contributed by atoms with van der Waals surface area (Å²) >= 11 is 0. The van der Waals surface area contributed by atoms with Crippen LogP contribution >= 0.6 is 7.60 Å². The van der Waals surface area contributed by atoms with E-state index in [-0.39, 0.29) is 12.5 Å². The average Bonchev–Trinajstić information content (AvgIpc) is 2.37. The van der Waals surface area contributed by atoms with E-state index in [1.165, 1.54) is 0 Å². The van der Waals surface area contributed by atoms with Crippen LogP contribution < -0.4 is 5.32 Å². The fraction of sp³-hybridized carbons (Fsp3) is 1.00. The van der Waals surface area contributed by atoms with E-state index in [2.05, 4.69) is 5.32 Å². The maximum Gasteiger partial charge on any atom is 0.325 e. The Bertz CT molecular complexity index is 364. The molecule has 8 nitrogen and oxygen atoms in total. The summed E-state index contributed by atoms with van der Waals surface area (Å²) in [6.07, 6.45) is -4.70. The van der Waals surface area contributed by atoms with Crippen LogP contribution in [0.2, 0.25) is 0 Å². The number of nitrogens with one attached hydrogen (secondary N) is 1. The predicted octanol–water partition coefficient (Wildman–Crippen LogP) is -0.860. The third kappa shape index (κ3) is 5.92. The van der Waals surface area contributed by atoms with Crippen LogP contribution in [0.5, 0.6) is 0 Å². The van der Waals surface area contributed by atoms with E-state index in [1.54, 1.807) is 0 Å². The van der Waals surface area contributed by atoms with Gasteiger partial charge in [0.15, 0.2) is 0 Å². The van der Waals surface area contributed by atoms with Crippen molar-refractivity contribution >= 4 is 7.60 Å². The first-order valence-electron chi connectivity index (χ1n) is 7.16. The van der Waals surface area contributed by atoms with E-state index in [0.717, 1.165) is 12.8 Å². The molecule has 6 N–H and O–H groups in total. The molecule has 126 valence electrons. The summed E-state index contributed by atoms with van der Waals surface area (Å²) in [5.41, 5.74) is 0. The topological polar surface area (TPSA) is 139 Å². The van der Waals surface area contributed by atoms with Gasteiger partial charge in [-0.25, -0.2) is 0 Å². The molecule has 0 aromatic rings. The third-order valence-electron chi connectivity index (χ3n) is 3.59. The summed E-state index contributed by atoms with van der Waals surface area (Å²) in [4.78, 5) is 17.8. The van der Waals surface area contributed by atoms with Gasteiger partial charge < -0.3 is 29.8 Å². The molecule has 6 atom stereocenters. The highest BCUT2D eigenvalue weighted by molar-refractivity contribution is 7.51. The number of aliphatic hydroxyl groups is 3. The van der Waals surface area contributed by atoms with Gasteiger partial charge in [-0.1, -0.05) is 13.3 Å². The Morgan fingerprint density at radius 1 is 1.19 bits per heavy atom. The van der Waals surface area contributed by atoms with Crippen molar-refractivity contribution in [2.45, 2.75) is 69.8 Å². The Hall–Kier alpha value is -0.0500. The lowest BCUT2D eigenvalue weighted by molar-refractivity contribution is -0.231. The Morgan fingerprint density at radius 3 is 2.33 bits per heavy atom. The predicted molar refractivity (Wildman–Crippen MR) is 75.7 cm³/mol. The van der Waals surface area contributed by atoms with Gasteiger partial charge >= 0.3 is 7.60 Å². The molecule has 2 unspecified atom stereocenters. The molecule has 0 aromatic heterocycles. The standard InChI is InChI=1S/C12H26NO7P/c1-3-4-7(2)13-12-11(16)10(15)9(14)8(20-12)5-6-21(17,18)19/h7-16H,3-6H2,1-2H3,(H2,17,18,19)/t7?,8-,9-,10+,11+,12?/m1/s1. The highest BCUT2D eigenvalue weighted by atomic mass is 31.2. The molecule has 0 aliphatic carbocycles. The van der Waals surface area contributed by atoms with Crippen LogP contribution in [0.25, 0.3) is 0 Å². The van der Waals surface area contributed by atoms with E-state index in [0.29, 0.717) is 0 Å². The fourth-order valence-corrected chi connectivity index (χ4v) is 3.01. The molecule has 1 fully saturated rings. The summed E-state index contributed by atoms with van der Waals surface area (Å²) < 4.78 is 16.4. The second kappa shape index (κ2) is 7.99. The molecule has 0 radical (unpaired) electrons. The summed E-state index contributed by atoms with van der Waals surface area (Å²) in [7, 11) is -4.21. The lowest BCUT2D eigenvalue weighted by Gasteiger charge is -2.42. The number of rotatable bonds is 7. The third-order valence-corrected chi connectivity index (χ3v) is 4.43. The van der Waals surface area contributed by atoms with Crippen LogP contribution in [0.1, 0.15) is 33.1 Å². The van der Waals surface area contributed by atoms with E-state index in [4.69, 9.17) is 14.5 Å². The van der Waals surface area contributed by atoms with Crippen LogP contribution in [0.15, 0.2) is 0 Å². The number of hydrogen-bond donors (Lipinski definition) is 6. The molecule has 1 aliphatic rings. The molecule has 0 spiro atoms. The van der Waals surface area contributed by atoms with Gasteiger partial charge in [-0.15, -0.1) is 0 Å². The molecule has 9 heteroatoms. The van der Waals surface area contributed by atoms with E-state index >= 15 is 0 Å². The van der Waals surface area contributed by atoms with E-state index in [1.807, 2.05) is 13.8 Å². The molecular formula is C12H26NO7P. The SMILES string of the molecule is CCCC(C)NC1O[C@H](CCP(=O)(O)O)[C@@H](O)[C@H](O)[C@@H]1O. The van der Waals surface area contributed by atoms with Crippen LogP contribution in [0, 0.1) is 0 Å². The van der Waals surface area contributed by atoms with E-state index in [9.17, 15) is 19.9 Å². The molecule has 0 amide bonds. The Kier molecular flexibility index (Phi) is 7.23. The van der Waals surface area contributed by atoms with Crippen LogP contribution in [-0.2, 0) is 9.30 Å². The highest BCUT2D eigenvalue weighted by Crippen LogP contribution is 2.37.